The lowest BCUT2D eigenvalue weighted by Crippen LogP contribution is -2.04. The fraction of sp³-hybridized carbons (Fsp3) is 0.308. The number of nitrogens with zero attached hydrogens (tertiary/aromatic N) is 2. The van der Waals surface area contributed by atoms with E-state index in [0.717, 1.165) is 30.1 Å². The molecule has 0 amide bonds. The zero-order chi connectivity index (χ0) is 13.7. The van der Waals surface area contributed by atoms with Crippen LogP contribution >= 0.6 is 11.3 Å². The minimum absolute atomic E-state index is 0.109. The molecule has 0 aliphatic heterocycles. The van der Waals surface area contributed by atoms with Crippen molar-refractivity contribution in [3.05, 3.63) is 50.5 Å². The van der Waals surface area contributed by atoms with Crippen molar-refractivity contribution >= 4 is 22.7 Å². The van der Waals surface area contributed by atoms with Crippen molar-refractivity contribution in [1.82, 2.24) is 4.98 Å². The van der Waals surface area contributed by atoms with E-state index < -0.39 is 4.92 Å². The molecule has 1 heterocycles. The molecule has 2 aromatic rings. The van der Waals surface area contributed by atoms with E-state index in [1.54, 1.807) is 23.5 Å². The van der Waals surface area contributed by atoms with Crippen molar-refractivity contribution in [2.45, 2.75) is 19.8 Å². The van der Waals surface area contributed by atoms with E-state index >= 15 is 0 Å². The van der Waals surface area contributed by atoms with Gasteiger partial charge in [0.05, 0.1) is 9.93 Å². The minimum Gasteiger partial charge on any atom is -0.385 e. The SMILES string of the molecule is CCc1cnc(CCNc2ccc([N+](=O)[O-])cc2)s1. The third-order valence-corrected chi connectivity index (χ3v) is 3.90. The molecule has 5 nitrogen and oxygen atoms in total. The molecule has 0 atom stereocenters. The molecule has 0 aliphatic rings. The first kappa shape index (κ1) is 13.5. The Hall–Kier alpha value is -1.95. The lowest BCUT2D eigenvalue weighted by Gasteiger charge is -2.04. The van der Waals surface area contributed by atoms with Crippen LogP contribution in [0.5, 0.6) is 0 Å². The highest BCUT2D eigenvalue weighted by atomic mass is 32.1. The van der Waals surface area contributed by atoms with E-state index in [1.807, 2.05) is 6.20 Å². The van der Waals surface area contributed by atoms with E-state index in [2.05, 4.69) is 17.2 Å². The molecule has 0 radical (unpaired) electrons. The molecule has 0 aliphatic carbocycles. The number of nitro groups is 1. The van der Waals surface area contributed by atoms with Crippen LogP contribution < -0.4 is 5.32 Å². The average molecular weight is 277 g/mol. The van der Waals surface area contributed by atoms with Gasteiger partial charge in [0.1, 0.15) is 0 Å². The van der Waals surface area contributed by atoms with Crippen LogP contribution in [0.15, 0.2) is 30.5 Å². The molecule has 0 fully saturated rings. The molecule has 0 unspecified atom stereocenters. The van der Waals surface area contributed by atoms with Crippen molar-refractivity contribution in [1.29, 1.82) is 0 Å². The van der Waals surface area contributed by atoms with Crippen LogP contribution in [-0.2, 0) is 12.8 Å². The summed E-state index contributed by atoms with van der Waals surface area (Å²) in [5.41, 5.74) is 0.996. The Labute approximate surface area is 115 Å². The number of benzene rings is 1. The molecule has 1 aromatic carbocycles. The zero-order valence-corrected chi connectivity index (χ0v) is 11.4. The number of nitro benzene ring substituents is 1. The Morgan fingerprint density at radius 1 is 1.37 bits per heavy atom. The van der Waals surface area contributed by atoms with Gasteiger partial charge in [0.25, 0.3) is 5.69 Å². The number of nitrogens with one attached hydrogen (secondary N) is 1. The second-order valence-electron chi connectivity index (χ2n) is 4.05. The third-order valence-electron chi connectivity index (χ3n) is 2.70. The summed E-state index contributed by atoms with van der Waals surface area (Å²) in [5, 5.41) is 14.9. The number of rotatable bonds is 6. The Morgan fingerprint density at radius 2 is 2.11 bits per heavy atom. The maximum atomic E-state index is 10.5. The van der Waals surface area contributed by atoms with Crippen LogP contribution in [0.4, 0.5) is 11.4 Å². The minimum atomic E-state index is -0.397. The summed E-state index contributed by atoms with van der Waals surface area (Å²) in [6, 6.07) is 6.44. The van der Waals surface area contributed by atoms with Gasteiger partial charge in [-0.05, 0) is 18.6 Å². The highest BCUT2D eigenvalue weighted by molar-refractivity contribution is 7.11. The standard InChI is InChI=1S/C13H15N3O2S/c1-2-12-9-15-13(19-12)7-8-14-10-3-5-11(6-4-10)16(17)18/h3-6,9,14H,2,7-8H2,1H3. The quantitative estimate of drug-likeness (QED) is 0.650. The van der Waals surface area contributed by atoms with E-state index in [9.17, 15) is 10.1 Å². The lowest BCUT2D eigenvalue weighted by molar-refractivity contribution is -0.384. The number of non-ortho nitro benzene ring substituents is 1. The molecule has 0 spiro atoms. The predicted molar refractivity (Wildman–Crippen MR) is 76.8 cm³/mol. The summed E-state index contributed by atoms with van der Waals surface area (Å²) in [5.74, 6) is 0. The van der Waals surface area contributed by atoms with Crippen molar-refractivity contribution in [3.8, 4) is 0 Å². The van der Waals surface area contributed by atoms with Crippen LogP contribution in [0.25, 0.3) is 0 Å². The van der Waals surface area contributed by atoms with Gasteiger partial charge in [-0.15, -0.1) is 11.3 Å². The Morgan fingerprint density at radius 3 is 2.68 bits per heavy atom. The molecule has 100 valence electrons. The fourth-order valence-electron chi connectivity index (χ4n) is 1.64. The maximum absolute atomic E-state index is 10.5. The van der Waals surface area contributed by atoms with Crippen LogP contribution in [0.3, 0.4) is 0 Å². The molecule has 0 saturated heterocycles. The van der Waals surface area contributed by atoms with E-state index in [-0.39, 0.29) is 5.69 Å². The van der Waals surface area contributed by atoms with E-state index in [0.29, 0.717) is 0 Å². The summed E-state index contributed by atoms with van der Waals surface area (Å²) in [6.07, 6.45) is 3.81. The molecular formula is C13H15N3O2S. The zero-order valence-electron chi connectivity index (χ0n) is 10.6. The van der Waals surface area contributed by atoms with Crippen molar-refractivity contribution in [2.24, 2.45) is 0 Å². The molecular weight excluding hydrogens is 262 g/mol. The lowest BCUT2D eigenvalue weighted by atomic mass is 10.3. The fourth-order valence-corrected chi connectivity index (χ4v) is 2.50. The summed E-state index contributed by atoms with van der Waals surface area (Å²) in [4.78, 5) is 15.8. The van der Waals surface area contributed by atoms with Crippen molar-refractivity contribution in [2.75, 3.05) is 11.9 Å². The van der Waals surface area contributed by atoms with Crippen LogP contribution in [0.2, 0.25) is 0 Å². The van der Waals surface area contributed by atoms with Crippen molar-refractivity contribution in [3.63, 3.8) is 0 Å². The first-order valence-electron chi connectivity index (χ1n) is 6.11. The molecule has 1 aromatic heterocycles. The number of aryl methyl sites for hydroxylation is 1. The van der Waals surface area contributed by atoms with Gasteiger partial charge >= 0.3 is 0 Å². The van der Waals surface area contributed by atoms with Crippen LogP contribution in [-0.4, -0.2) is 16.5 Å². The number of thiazole rings is 1. The Balaban J connectivity index is 1.83. The Kier molecular flexibility index (Phi) is 4.46. The third kappa shape index (κ3) is 3.75. The second kappa shape index (κ2) is 6.29. The van der Waals surface area contributed by atoms with Gasteiger partial charge in [-0.25, -0.2) is 4.98 Å². The van der Waals surface area contributed by atoms with Gasteiger partial charge in [-0.1, -0.05) is 6.92 Å². The normalized spacial score (nSPS) is 10.4. The topological polar surface area (TPSA) is 68.1 Å². The van der Waals surface area contributed by atoms with Gasteiger partial charge in [-0.2, -0.15) is 0 Å². The van der Waals surface area contributed by atoms with Gasteiger partial charge < -0.3 is 5.32 Å². The van der Waals surface area contributed by atoms with Gasteiger partial charge in [-0.3, -0.25) is 10.1 Å². The van der Waals surface area contributed by atoms with E-state index in [1.165, 1.54) is 17.0 Å². The highest BCUT2D eigenvalue weighted by Crippen LogP contribution is 2.16. The summed E-state index contributed by atoms with van der Waals surface area (Å²) in [6.45, 7) is 2.89. The van der Waals surface area contributed by atoms with Gasteiger partial charge in [0, 0.05) is 41.9 Å². The maximum Gasteiger partial charge on any atom is 0.269 e. The summed E-state index contributed by atoms with van der Waals surface area (Å²) < 4.78 is 0. The van der Waals surface area contributed by atoms with Crippen LogP contribution in [0.1, 0.15) is 16.8 Å². The first-order chi connectivity index (χ1) is 9.19. The van der Waals surface area contributed by atoms with E-state index in [4.69, 9.17) is 0 Å². The number of hydrogen-bond acceptors (Lipinski definition) is 5. The predicted octanol–water partition coefficient (Wildman–Crippen LogP) is 3.27. The second-order valence-corrected chi connectivity index (χ2v) is 5.25. The number of aromatic nitrogens is 1. The Bertz CT molecular complexity index is 551. The molecule has 0 saturated carbocycles. The molecule has 2 rings (SSSR count). The average Bonchev–Trinajstić information content (AvgIpc) is 2.87. The largest absolute Gasteiger partial charge is 0.385 e. The van der Waals surface area contributed by atoms with Crippen LogP contribution in [0, 0.1) is 10.1 Å². The highest BCUT2D eigenvalue weighted by Gasteiger charge is 2.04. The summed E-state index contributed by atoms with van der Waals surface area (Å²) >= 11 is 1.73. The number of anilines is 1. The summed E-state index contributed by atoms with van der Waals surface area (Å²) in [7, 11) is 0. The van der Waals surface area contributed by atoms with Gasteiger partial charge in [0.2, 0.25) is 0 Å². The number of hydrogen-bond donors (Lipinski definition) is 1. The molecule has 19 heavy (non-hydrogen) atoms. The first-order valence-corrected chi connectivity index (χ1v) is 6.92. The van der Waals surface area contributed by atoms with Crippen molar-refractivity contribution < 1.29 is 4.92 Å². The van der Waals surface area contributed by atoms with Gasteiger partial charge in [0.15, 0.2) is 0 Å². The smallest absolute Gasteiger partial charge is 0.269 e. The molecule has 6 heteroatoms. The molecule has 1 N–H and O–H groups in total. The monoisotopic (exact) mass is 277 g/mol. The molecule has 0 bridgehead atoms.